The van der Waals surface area contributed by atoms with Gasteiger partial charge in [0.25, 0.3) is 0 Å². The van der Waals surface area contributed by atoms with Crippen LogP contribution in [0.25, 0.3) is 0 Å². The molecule has 0 unspecified atom stereocenters. The Kier molecular flexibility index (Phi) is 8.58. The highest BCUT2D eigenvalue weighted by Gasteiger charge is 2.20. The first-order valence-corrected chi connectivity index (χ1v) is 10.6. The third-order valence-corrected chi connectivity index (χ3v) is 5.11. The molecule has 0 saturated carbocycles. The van der Waals surface area contributed by atoms with Crippen molar-refractivity contribution in [2.45, 2.75) is 32.4 Å². The number of hydrogen-bond donors (Lipinski definition) is 2. The number of benzene rings is 1. The molecule has 2 N–H and O–H groups in total. The van der Waals surface area contributed by atoms with Crippen molar-refractivity contribution in [1.82, 2.24) is 20.5 Å². The number of likely N-dealkylation sites (tertiary alicyclic amines) is 1. The lowest BCUT2D eigenvalue weighted by molar-refractivity contribution is 0.198. The normalized spacial score (nSPS) is 15.9. The molecule has 29 heavy (non-hydrogen) atoms. The molecule has 1 aromatic heterocycles. The standard InChI is InChI=1S/C22H30ClN5O/c1-2-25-22(26-12-15-29-21-4-3-11-24-16-21)27-20-9-13-28(14-10-20)17-18-5-7-19(23)8-6-18/h3-8,11,16,20H,2,9-10,12-15,17H2,1H3,(H2,25,26,27). The molecular weight excluding hydrogens is 386 g/mol. The summed E-state index contributed by atoms with van der Waals surface area (Å²) < 4.78 is 5.66. The van der Waals surface area contributed by atoms with E-state index in [0.717, 1.165) is 55.8 Å². The SMILES string of the molecule is CCNC(=NCCOc1cccnc1)NC1CCN(Cc2ccc(Cl)cc2)CC1. The van der Waals surface area contributed by atoms with Crippen LogP contribution in [0.1, 0.15) is 25.3 Å². The van der Waals surface area contributed by atoms with E-state index in [1.165, 1.54) is 5.56 Å². The largest absolute Gasteiger partial charge is 0.490 e. The molecule has 0 spiro atoms. The Hall–Kier alpha value is -2.31. The van der Waals surface area contributed by atoms with Gasteiger partial charge in [0.15, 0.2) is 5.96 Å². The lowest BCUT2D eigenvalue weighted by Gasteiger charge is -2.33. The molecule has 2 heterocycles. The zero-order chi connectivity index (χ0) is 20.3. The maximum Gasteiger partial charge on any atom is 0.191 e. The van der Waals surface area contributed by atoms with Crippen LogP contribution in [-0.2, 0) is 6.54 Å². The average Bonchev–Trinajstić information content (AvgIpc) is 2.75. The maximum atomic E-state index is 5.97. The summed E-state index contributed by atoms with van der Waals surface area (Å²) in [5, 5.41) is 7.69. The van der Waals surface area contributed by atoms with E-state index in [1.807, 2.05) is 24.3 Å². The highest BCUT2D eigenvalue weighted by Crippen LogP contribution is 2.16. The van der Waals surface area contributed by atoms with Crippen molar-refractivity contribution in [1.29, 1.82) is 0 Å². The van der Waals surface area contributed by atoms with E-state index >= 15 is 0 Å². The number of pyridine rings is 1. The molecule has 1 aliphatic heterocycles. The van der Waals surface area contributed by atoms with Crippen LogP contribution in [0.4, 0.5) is 0 Å². The molecule has 156 valence electrons. The summed E-state index contributed by atoms with van der Waals surface area (Å²) in [5.74, 6) is 1.63. The van der Waals surface area contributed by atoms with E-state index in [9.17, 15) is 0 Å². The fraction of sp³-hybridized carbons (Fsp3) is 0.455. The smallest absolute Gasteiger partial charge is 0.191 e. The van der Waals surface area contributed by atoms with Crippen molar-refractivity contribution < 1.29 is 4.74 Å². The second kappa shape index (κ2) is 11.6. The van der Waals surface area contributed by atoms with Crippen LogP contribution in [0, 0.1) is 0 Å². The van der Waals surface area contributed by atoms with Crippen LogP contribution < -0.4 is 15.4 Å². The van der Waals surface area contributed by atoms with E-state index in [-0.39, 0.29) is 0 Å². The van der Waals surface area contributed by atoms with Crippen LogP contribution >= 0.6 is 11.6 Å². The average molecular weight is 416 g/mol. The van der Waals surface area contributed by atoms with Gasteiger partial charge in [0.1, 0.15) is 12.4 Å². The van der Waals surface area contributed by atoms with Gasteiger partial charge in [-0.2, -0.15) is 0 Å². The van der Waals surface area contributed by atoms with Gasteiger partial charge in [-0.15, -0.1) is 0 Å². The number of guanidine groups is 1. The number of piperidine rings is 1. The minimum atomic E-state index is 0.438. The van der Waals surface area contributed by atoms with Gasteiger partial charge in [-0.1, -0.05) is 23.7 Å². The molecule has 0 bridgehead atoms. The molecule has 1 aromatic carbocycles. The molecule has 0 atom stereocenters. The molecule has 6 nitrogen and oxygen atoms in total. The van der Waals surface area contributed by atoms with Crippen LogP contribution in [0.3, 0.4) is 0 Å². The molecule has 1 saturated heterocycles. The predicted octanol–water partition coefficient (Wildman–Crippen LogP) is 3.33. The molecule has 0 radical (unpaired) electrons. The highest BCUT2D eigenvalue weighted by atomic mass is 35.5. The topological polar surface area (TPSA) is 61.8 Å². The van der Waals surface area contributed by atoms with Gasteiger partial charge in [0.2, 0.25) is 0 Å². The van der Waals surface area contributed by atoms with Crippen molar-refractivity contribution in [3.05, 3.63) is 59.4 Å². The first-order chi connectivity index (χ1) is 14.2. The summed E-state index contributed by atoms with van der Waals surface area (Å²) in [6.45, 7) is 7.17. The zero-order valence-corrected chi connectivity index (χ0v) is 17.7. The monoisotopic (exact) mass is 415 g/mol. The third-order valence-electron chi connectivity index (χ3n) is 4.86. The fourth-order valence-corrected chi connectivity index (χ4v) is 3.48. The van der Waals surface area contributed by atoms with E-state index in [0.29, 0.717) is 19.2 Å². The van der Waals surface area contributed by atoms with E-state index < -0.39 is 0 Å². The Balaban J connectivity index is 1.40. The first kappa shape index (κ1) is 21.4. The van der Waals surface area contributed by atoms with Gasteiger partial charge < -0.3 is 15.4 Å². The summed E-state index contributed by atoms with van der Waals surface area (Å²) in [7, 11) is 0. The van der Waals surface area contributed by atoms with Crippen LogP contribution in [0.15, 0.2) is 53.8 Å². The number of aliphatic imine (C=N–C) groups is 1. The van der Waals surface area contributed by atoms with Crippen LogP contribution in [0.2, 0.25) is 5.02 Å². The van der Waals surface area contributed by atoms with E-state index in [2.05, 4.69) is 44.6 Å². The Morgan fingerprint density at radius 3 is 2.72 bits per heavy atom. The van der Waals surface area contributed by atoms with Crippen molar-refractivity contribution in [2.75, 3.05) is 32.8 Å². The molecule has 0 aliphatic carbocycles. The van der Waals surface area contributed by atoms with Gasteiger partial charge in [0.05, 0.1) is 12.7 Å². The molecule has 7 heteroatoms. The Morgan fingerprint density at radius 2 is 2.03 bits per heavy atom. The van der Waals surface area contributed by atoms with Crippen molar-refractivity contribution in [2.24, 2.45) is 4.99 Å². The molecule has 1 fully saturated rings. The van der Waals surface area contributed by atoms with Gasteiger partial charge >= 0.3 is 0 Å². The summed E-state index contributed by atoms with van der Waals surface area (Å²) >= 11 is 5.97. The number of halogens is 1. The first-order valence-electron chi connectivity index (χ1n) is 10.3. The van der Waals surface area contributed by atoms with Crippen molar-refractivity contribution >= 4 is 17.6 Å². The number of nitrogens with one attached hydrogen (secondary N) is 2. The van der Waals surface area contributed by atoms with Crippen molar-refractivity contribution in [3.63, 3.8) is 0 Å². The second-order valence-corrected chi connectivity index (χ2v) is 7.56. The Morgan fingerprint density at radius 1 is 1.24 bits per heavy atom. The zero-order valence-electron chi connectivity index (χ0n) is 17.0. The predicted molar refractivity (Wildman–Crippen MR) is 119 cm³/mol. The van der Waals surface area contributed by atoms with E-state index in [4.69, 9.17) is 16.3 Å². The summed E-state index contributed by atoms with van der Waals surface area (Å²) in [6, 6.07) is 12.3. The summed E-state index contributed by atoms with van der Waals surface area (Å²) in [6.07, 6.45) is 5.65. The van der Waals surface area contributed by atoms with Crippen LogP contribution in [-0.4, -0.2) is 54.7 Å². The Bertz CT molecular complexity index is 746. The van der Waals surface area contributed by atoms with Crippen molar-refractivity contribution in [3.8, 4) is 5.75 Å². The number of ether oxygens (including phenoxy) is 1. The molecule has 2 aromatic rings. The number of hydrogen-bond acceptors (Lipinski definition) is 4. The van der Waals surface area contributed by atoms with Gasteiger partial charge in [0, 0.05) is 43.4 Å². The number of nitrogens with zero attached hydrogens (tertiary/aromatic N) is 3. The maximum absolute atomic E-state index is 5.97. The molecule has 1 aliphatic rings. The Labute approximate surface area is 178 Å². The van der Waals surface area contributed by atoms with Gasteiger partial charge in [-0.3, -0.25) is 9.88 Å². The third kappa shape index (κ3) is 7.55. The van der Waals surface area contributed by atoms with Gasteiger partial charge in [-0.25, -0.2) is 4.99 Å². The summed E-state index contributed by atoms with van der Waals surface area (Å²) in [5.41, 5.74) is 1.31. The quantitative estimate of drug-likeness (QED) is 0.393. The molecule has 3 rings (SSSR count). The second-order valence-electron chi connectivity index (χ2n) is 7.12. The minimum absolute atomic E-state index is 0.438. The number of aromatic nitrogens is 1. The highest BCUT2D eigenvalue weighted by molar-refractivity contribution is 6.30. The van der Waals surface area contributed by atoms with E-state index in [1.54, 1.807) is 12.4 Å². The lowest BCUT2D eigenvalue weighted by Crippen LogP contribution is -2.48. The van der Waals surface area contributed by atoms with Crippen LogP contribution in [0.5, 0.6) is 5.75 Å². The lowest BCUT2D eigenvalue weighted by atomic mass is 10.0. The number of rotatable bonds is 8. The molecular formula is C22H30ClN5O. The minimum Gasteiger partial charge on any atom is -0.490 e. The van der Waals surface area contributed by atoms with Gasteiger partial charge in [-0.05, 0) is 49.6 Å². The summed E-state index contributed by atoms with van der Waals surface area (Å²) in [4.78, 5) is 11.2. The molecule has 0 amide bonds. The fourth-order valence-electron chi connectivity index (χ4n) is 3.35.